The predicted octanol–water partition coefficient (Wildman–Crippen LogP) is 2.48. The number of carbonyl (C=O) groups is 2. The number of aryl methyl sites for hydroxylation is 1. The van der Waals surface area contributed by atoms with E-state index in [9.17, 15) is 9.59 Å². The smallest absolute Gasteiger partial charge is 0.342 e. The molecule has 0 saturated heterocycles. The van der Waals surface area contributed by atoms with Gasteiger partial charge in [0.2, 0.25) is 5.91 Å². The maximum absolute atomic E-state index is 11.8. The van der Waals surface area contributed by atoms with Crippen LogP contribution in [0.4, 0.5) is 5.69 Å². The second kappa shape index (κ2) is 6.23. The Morgan fingerprint density at radius 2 is 2.11 bits per heavy atom. The van der Waals surface area contributed by atoms with Crippen molar-refractivity contribution in [3.8, 4) is 0 Å². The van der Waals surface area contributed by atoms with Gasteiger partial charge in [0.25, 0.3) is 0 Å². The number of rotatable bonds is 5. The molecule has 1 heterocycles. The number of carbonyl (C=O) groups excluding carboxylic acids is 2. The molecule has 0 aliphatic carbocycles. The summed E-state index contributed by atoms with van der Waals surface area (Å²) in [6.45, 7) is 7.61. The Hall–Kier alpha value is -1.78. The van der Waals surface area contributed by atoms with Crippen LogP contribution in [0.1, 0.15) is 43.2 Å². The highest BCUT2D eigenvalue weighted by molar-refractivity contribution is 6.02. The van der Waals surface area contributed by atoms with Crippen molar-refractivity contribution >= 4 is 17.6 Å². The minimum atomic E-state index is -0.421. The lowest BCUT2D eigenvalue weighted by Gasteiger charge is -2.10. The lowest BCUT2D eigenvalue weighted by molar-refractivity contribution is -0.119. The molecule has 1 rings (SSSR count). The molecule has 0 aliphatic rings. The third-order valence-electron chi connectivity index (χ3n) is 2.87. The average molecular weight is 252 g/mol. The van der Waals surface area contributed by atoms with Crippen LogP contribution < -0.4 is 5.32 Å². The molecule has 0 saturated carbocycles. The fourth-order valence-electron chi connectivity index (χ4n) is 1.53. The summed E-state index contributed by atoms with van der Waals surface area (Å²) in [6.07, 6.45) is 2.37. The molecule has 100 valence electrons. The number of ether oxygens (including phenoxy) is 1. The number of nitrogens with one attached hydrogen (secondary N) is 2. The molecule has 0 aromatic carbocycles. The SMILES string of the molecule is CCOC(=O)c1c(NC(=O)C(C)CC)c[nH]c1C. The predicted molar refractivity (Wildman–Crippen MR) is 69.6 cm³/mol. The van der Waals surface area contributed by atoms with Gasteiger partial charge < -0.3 is 15.0 Å². The summed E-state index contributed by atoms with van der Waals surface area (Å²) in [5, 5.41) is 2.75. The molecule has 1 atom stereocenters. The Bertz CT molecular complexity index is 437. The van der Waals surface area contributed by atoms with E-state index in [0.717, 1.165) is 6.42 Å². The Morgan fingerprint density at radius 3 is 2.67 bits per heavy atom. The molecule has 0 fully saturated rings. The van der Waals surface area contributed by atoms with Crippen molar-refractivity contribution in [2.24, 2.45) is 5.92 Å². The maximum Gasteiger partial charge on any atom is 0.342 e. The fraction of sp³-hybridized carbons (Fsp3) is 0.538. The summed E-state index contributed by atoms with van der Waals surface area (Å²) >= 11 is 0. The van der Waals surface area contributed by atoms with Crippen molar-refractivity contribution in [3.63, 3.8) is 0 Å². The number of esters is 1. The molecule has 0 aliphatic heterocycles. The Morgan fingerprint density at radius 1 is 1.44 bits per heavy atom. The monoisotopic (exact) mass is 252 g/mol. The Balaban J connectivity index is 2.90. The summed E-state index contributed by atoms with van der Waals surface area (Å²) in [6, 6.07) is 0. The van der Waals surface area contributed by atoms with Crippen molar-refractivity contribution in [1.82, 2.24) is 4.98 Å². The molecular weight excluding hydrogens is 232 g/mol. The van der Waals surface area contributed by atoms with Crippen LogP contribution in [-0.2, 0) is 9.53 Å². The molecule has 5 heteroatoms. The van der Waals surface area contributed by atoms with Crippen LogP contribution in [0.25, 0.3) is 0 Å². The van der Waals surface area contributed by atoms with E-state index in [-0.39, 0.29) is 11.8 Å². The third kappa shape index (κ3) is 3.12. The summed E-state index contributed by atoms with van der Waals surface area (Å²) < 4.78 is 4.97. The molecule has 1 amide bonds. The van der Waals surface area contributed by atoms with Gasteiger partial charge in [0.1, 0.15) is 5.56 Å². The fourth-order valence-corrected chi connectivity index (χ4v) is 1.53. The first kappa shape index (κ1) is 14.3. The van der Waals surface area contributed by atoms with Crippen molar-refractivity contribution in [2.75, 3.05) is 11.9 Å². The lowest BCUT2D eigenvalue weighted by atomic mass is 10.1. The first-order valence-corrected chi connectivity index (χ1v) is 6.17. The molecule has 0 spiro atoms. The van der Waals surface area contributed by atoms with E-state index in [0.29, 0.717) is 23.6 Å². The van der Waals surface area contributed by atoms with E-state index in [4.69, 9.17) is 4.74 Å². The highest BCUT2D eigenvalue weighted by Crippen LogP contribution is 2.21. The molecule has 18 heavy (non-hydrogen) atoms. The quantitative estimate of drug-likeness (QED) is 0.791. The van der Waals surface area contributed by atoms with Gasteiger partial charge in [-0.1, -0.05) is 13.8 Å². The van der Waals surface area contributed by atoms with E-state index >= 15 is 0 Å². The Labute approximate surface area is 107 Å². The summed E-state index contributed by atoms with van der Waals surface area (Å²) in [5.41, 5.74) is 1.57. The van der Waals surface area contributed by atoms with Crippen molar-refractivity contribution in [3.05, 3.63) is 17.5 Å². The average Bonchev–Trinajstić information content (AvgIpc) is 2.69. The number of anilines is 1. The van der Waals surface area contributed by atoms with Crippen molar-refractivity contribution < 1.29 is 14.3 Å². The number of aromatic amines is 1. The van der Waals surface area contributed by atoms with E-state index in [2.05, 4.69) is 10.3 Å². The molecule has 1 unspecified atom stereocenters. The minimum Gasteiger partial charge on any atom is -0.462 e. The van der Waals surface area contributed by atoms with Gasteiger partial charge in [-0.2, -0.15) is 0 Å². The van der Waals surface area contributed by atoms with Crippen LogP contribution in [0.15, 0.2) is 6.20 Å². The number of aromatic nitrogens is 1. The molecular formula is C13H20N2O3. The van der Waals surface area contributed by atoms with Crippen LogP contribution in [0, 0.1) is 12.8 Å². The van der Waals surface area contributed by atoms with Crippen LogP contribution >= 0.6 is 0 Å². The van der Waals surface area contributed by atoms with E-state index < -0.39 is 5.97 Å². The highest BCUT2D eigenvalue weighted by atomic mass is 16.5. The molecule has 1 aromatic heterocycles. The van der Waals surface area contributed by atoms with Crippen molar-refractivity contribution in [1.29, 1.82) is 0 Å². The van der Waals surface area contributed by atoms with E-state index in [1.807, 2.05) is 13.8 Å². The summed E-state index contributed by atoms with van der Waals surface area (Å²) in [7, 11) is 0. The zero-order chi connectivity index (χ0) is 13.7. The van der Waals surface area contributed by atoms with E-state index in [1.54, 1.807) is 20.0 Å². The van der Waals surface area contributed by atoms with Gasteiger partial charge in [-0.05, 0) is 20.3 Å². The van der Waals surface area contributed by atoms with Crippen LogP contribution in [0.3, 0.4) is 0 Å². The van der Waals surface area contributed by atoms with Crippen LogP contribution in [0.5, 0.6) is 0 Å². The number of amides is 1. The highest BCUT2D eigenvalue weighted by Gasteiger charge is 2.20. The number of H-pyrrole nitrogens is 1. The topological polar surface area (TPSA) is 71.2 Å². The van der Waals surface area contributed by atoms with Gasteiger partial charge in [0.15, 0.2) is 0 Å². The first-order valence-electron chi connectivity index (χ1n) is 6.17. The lowest BCUT2D eigenvalue weighted by Crippen LogP contribution is -2.21. The number of hydrogen-bond donors (Lipinski definition) is 2. The molecule has 2 N–H and O–H groups in total. The zero-order valence-corrected chi connectivity index (χ0v) is 11.3. The third-order valence-corrected chi connectivity index (χ3v) is 2.87. The summed E-state index contributed by atoms with van der Waals surface area (Å²) in [5.74, 6) is -0.604. The Kier molecular flexibility index (Phi) is 4.95. The number of hydrogen-bond acceptors (Lipinski definition) is 3. The van der Waals surface area contributed by atoms with Gasteiger partial charge in [-0.3, -0.25) is 4.79 Å². The second-order valence-electron chi connectivity index (χ2n) is 4.22. The zero-order valence-electron chi connectivity index (χ0n) is 11.3. The van der Waals surface area contributed by atoms with E-state index in [1.165, 1.54) is 0 Å². The minimum absolute atomic E-state index is 0.0877. The van der Waals surface area contributed by atoms with Gasteiger partial charge in [-0.25, -0.2) is 4.79 Å². The molecule has 5 nitrogen and oxygen atoms in total. The second-order valence-corrected chi connectivity index (χ2v) is 4.22. The van der Waals surface area contributed by atoms with Crippen LogP contribution in [0.2, 0.25) is 0 Å². The van der Waals surface area contributed by atoms with Gasteiger partial charge in [-0.15, -0.1) is 0 Å². The molecule has 0 radical (unpaired) electrons. The summed E-state index contributed by atoms with van der Waals surface area (Å²) in [4.78, 5) is 26.5. The standard InChI is InChI=1S/C13H20N2O3/c1-5-8(3)12(16)15-10-7-14-9(4)11(10)13(17)18-6-2/h7-8,14H,5-6H2,1-4H3,(H,15,16). The van der Waals surface area contributed by atoms with Gasteiger partial charge in [0.05, 0.1) is 12.3 Å². The van der Waals surface area contributed by atoms with Gasteiger partial charge in [0, 0.05) is 17.8 Å². The van der Waals surface area contributed by atoms with Gasteiger partial charge >= 0.3 is 5.97 Å². The largest absolute Gasteiger partial charge is 0.462 e. The van der Waals surface area contributed by atoms with Crippen molar-refractivity contribution in [2.45, 2.75) is 34.1 Å². The molecule has 0 bridgehead atoms. The first-order chi connectivity index (χ1) is 8.51. The molecule has 1 aromatic rings. The van der Waals surface area contributed by atoms with Crippen LogP contribution in [-0.4, -0.2) is 23.5 Å². The normalized spacial score (nSPS) is 12.0. The maximum atomic E-state index is 11.8.